The molecule has 0 aliphatic heterocycles. The van der Waals surface area contributed by atoms with Crippen molar-refractivity contribution in [3.05, 3.63) is 90.0 Å². The smallest absolute Gasteiger partial charge is 0.0162 e. The first-order valence-electron chi connectivity index (χ1n) is 15.6. The lowest BCUT2D eigenvalue weighted by Gasteiger charge is -2.24. The summed E-state index contributed by atoms with van der Waals surface area (Å²) in [6, 6.07) is 20.4. The molecular formula is C37H54. The number of benzene rings is 2. The molecule has 2 aromatic rings. The van der Waals surface area contributed by atoms with Crippen LogP contribution in [0.2, 0.25) is 0 Å². The highest BCUT2D eigenvalue weighted by Crippen LogP contribution is 2.34. The average Bonchev–Trinajstić information content (AvgIpc) is 2.94. The zero-order valence-corrected chi connectivity index (χ0v) is 24.1. The van der Waals surface area contributed by atoms with Crippen LogP contribution < -0.4 is 0 Å². The fourth-order valence-corrected chi connectivity index (χ4v) is 6.05. The third kappa shape index (κ3) is 11.5. The van der Waals surface area contributed by atoms with Crippen molar-refractivity contribution in [3.63, 3.8) is 0 Å². The van der Waals surface area contributed by atoms with E-state index in [9.17, 15) is 0 Å². The van der Waals surface area contributed by atoms with Crippen molar-refractivity contribution in [3.8, 4) is 0 Å². The van der Waals surface area contributed by atoms with Crippen LogP contribution in [0.1, 0.15) is 120 Å². The molecule has 1 saturated carbocycles. The number of unbranched alkanes of at least 4 members (excludes halogenated alkanes) is 2. The van der Waals surface area contributed by atoms with Crippen LogP contribution in [0.4, 0.5) is 0 Å². The van der Waals surface area contributed by atoms with Gasteiger partial charge in [0, 0.05) is 0 Å². The van der Waals surface area contributed by atoms with Crippen LogP contribution in [-0.4, -0.2) is 0 Å². The van der Waals surface area contributed by atoms with Gasteiger partial charge >= 0.3 is 0 Å². The molecule has 0 amide bonds. The van der Waals surface area contributed by atoms with E-state index in [0.29, 0.717) is 11.8 Å². The average molecular weight is 499 g/mol. The first-order valence-corrected chi connectivity index (χ1v) is 15.6. The molecule has 0 nitrogen and oxygen atoms in total. The molecule has 1 aliphatic rings. The fraction of sp³-hybridized carbons (Fsp3) is 0.568. The Morgan fingerprint density at radius 3 is 2.11 bits per heavy atom. The van der Waals surface area contributed by atoms with Crippen LogP contribution >= 0.6 is 0 Å². The van der Waals surface area contributed by atoms with Crippen LogP contribution in [0, 0.1) is 17.8 Å². The molecule has 2 unspecified atom stereocenters. The van der Waals surface area contributed by atoms with Gasteiger partial charge in [0.05, 0.1) is 0 Å². The molecule has 37 heavy (non-hydrogen) atoms. The van der Waals surface area contributed by atoms with Crippen LogP contribution in [0.25, 0.3) is 5.57 Å². The first kappa shape index (κ1) is 29.5. The Hall–Kier alpha value is -2.08. The van der Waals surface area contributed by atoms with Gasteiger partial charge in [0.1, 0.15) is 0 Å². The van der Waals surface area contributed by atoms with Crippen LogP contribution in [0.5, 0.6) is 0 Å². The third-order valence-electron chi connectivity index (χ3n) is 8.59. The van der Waals surface area contributed by atoms with Crippen molar-refractivity contribution in [2.24, 2.45) is 17.8 Å². The molecule has 0 saturated heterocycles. The molecule has 0 bridgehead atoms. The predicted molar refractivity (Wildman–Crippen MR) is 165 cm³/mol. The highest BCUT2D eigenvalue weighted by molar-refractivity contribution is 5.65. The second-order valence-corrected chi connectivity index (χ2v) is 11.9. The zero-order valence-electron chi connectivity index (χ0n) is 24.1. The van der Waals surface area contributed by atoms with Crippen molar-refractivity contribution in [2.75, 3.05) is 0 Å². The third-order valence-corrected chi connectivity index (χ3v) is 8.59. The summed E-state index contributed by atoms with van der Waals surface area (Å²) in [5.74, 6) is 2.23. The summed E-state index contributed by atoms with van der Waals surface area (Å²) in [5, 5.41) is 0. The minimum Gasteiger partial charge on any atom is -0.0950 e. The monoisotopic (exact) mass is 498 g/mol. The lowest BCUT2D eigenvalue weighted by Crippen LogP contribution is -2.07. The summed E-state index contributed by atoms with van der Waals surface area (Å²) >= 11 is 0. The van der Waals surface area contributed by atoms with E-state index in [-0.39, 0.29) is 0 Å². The Balaban J connectivity index is 1.46. The number of hydrogen-bond donors (Lipinski definition) is 0. The van der Waals surface area contributed by atoms with Gasteiger partial charge in [-0.05, 0) is 97.8 Å². The minimum absolute atomic E-state index is 0.705. The lowest BCUT2D eigenvalue weighted by atomic mass is 9.81. The molecule has 2 atom stereocenters. The van der Waals surface area contributed by atoms with Crippen molar-refractivity contribution in [2.45, 2.75) is 117 Å². The quantitative estimate of drug-likeness (QED) is 0.150. The Labute approximate surface area is 229 Å². The molecule has 1 fully saturated rings. The maximum Gasteiger partial charge on any atom is -0.0162 e. The topological polar surface area (TPSA) is 0 Å². The summed E-state index contributed by atoms with van der Waals surface area (Å²) in [7, 11) is 0. The van der Waals surface area contributed by atoms with Crippen molar-refractivity contribution in [1.82, 2.24) is 0 Å². The molecule has 0 N–H and O–H groups in total. The summed E-state index contributed by atoms with van der Waals surface area (Å²) in [5.41, 5.74) is 5.70. The molecule has 2 aromatic carbocycles. The normalized spacial score (nSPS) is 16.2. The number of hydrogen-bond acceptors (Lipinski definition) is 0. The summed E-state index contributed by atoms with van der Waals surface area (Å²) in [4.78, 5) is 0. The standard InChI is InChI=1S/C37H54/c1-4-5-8-16-31(2)17-13-20-34(22-14-21-33-18-9-6-10-19-33)23-15-24-35-27-29-37(30-28-35)32(3)36-25-11-7-12-26-36/h6,9-10,13,18-20,27-31,34,36H,3-5,7-8,11-12,14-17,21-26H2,1-2H3/b20-13-. The van der Waals surface area contributed by atoms with Crippen molar-refractivity contribution >= 4 is 5.57 Å². The second-order valence-electron chi connectivity index (χ2n) is 11.9. The van der Waals surface area contributed by atoms with Gasteiger partial charge in [-0.25, -0.2) is 0 Å². The van der Waals surface area contributed by atoms with Crippen LogP contribution in [-0.2, 0) is 12.8 Å². The molecule has 3 rings (SSSR count). The van der Waals surface area contributed by atoms with Gasteiger partial charge in [-0.3, -0.25) is 0 Å². The summed E-state index contributed by atoms with van der Waals surface area (Å²) < 4.78 is 0. The Morgan fingerprint density at radius 2 is 1.46 bits per heavy atom. The van der Waals surface area contributed by atoms with Gasteiger partial charge in [0.2, 0.25) is 0 Å². The van der Waals surface area contributed by atoms with Gasteiger partial charge in [0.15, 0.2) is 0 Å². The zero-order chi connectivity index (χ0) is 26.1. The van der Waals surface area contributed by atoms with E-state index in [1.54, 1.807) is 0 Å². The predicted octanol–water partition coefficient (Wildman–Crippen LogP) is 11.4. The summed E-state index contributed by atoms with van der Waals surface area (Å²) in [6.45, 7) is 9.19. The molecular weight excluding hydrogens is 444 g/mol. The SMILES string of the molecule is C=C(c1ccc(CCCC(/C=C\CC(C)CCCCC)CCCc2ccccc2)cc1)C1CCCCC1. The molecule has 0 aromatic heterocycles. The van der Waals surface area contributed by atoms with Gasteiger partial charge < -0.3 is 0 Å². The van der Waals surface area contributed by atoms with Crippen molar-refractivity contribution in [1.29, 1.82) is 0 Å². The summed E-state index contributed by atoms with van der Waals surface area (Å²) in [6.07, 6.45) is 26.1. The molecule has 0 spiro atoms. The number of rotatable bonds is 17. The maximum atomic E-state index is 4.47. The molecule has 0 radical (unpaired) electrons. The maximum absolute atomic E-state index is 4.47. The first-order chi connectivity index (χ1) is 18.2. The minimum atomic E-state index is 0.705. The molecule has 1 aliphatic carbocycles. The number of aryl methyl sites for hydroxylation is 2. The van der Waals surface area contributed by atoms with E-state index < -0.39 is 0 Å². The van der Waals surface area contributed by atoms with Gasteiger partial charge in [0.25, 0.3) is 0 Å². The fourth-order valence-electron chi connectivity index (χ4n) is 6.05. The lowest BCUT2D eigenvalue weighted by molar-refractivity contribution is 0.430. The van der Waals surface area contributed by atoms with Crippen LogP contribution in [0.15, 0.2) is 73.3 Å². The van der Waals surface area contributed by atoms with Gasteiger partial charge in [-0.15, -0.1) is 0 Å². The van der Waals surface area contributed by atoms with E-state index >= 15 is 0 Å². The molecule has 0 heterocycles. The Bertz CT molecular complexity index is 881. The highest BCUT2D eigenvalue weighted by atomic mass is 14.2. The van der Waals surface area contributed by atoms with E-state index in [0.717, 1.165) is 5.92 Å². The van der Waals surface area contributed by atoms with Gasteiger partial charge in [-0.1, -0.05) is 132 Å². The Kier molecular flexibility index (Phi) is 13.9. The largest absolute Gasteiger partial charge is 0.0950 e. The Morgan fingerprint density at radius 1 is 0.811 bits per heavy atom. The molecule has 0 heteroatoms. The van der Waals surface area contributed by atoms with E-state index in [1.807, 2.05) is 0 Å². The van der Waals surface area contributed by atoms with E-state index in [2.05, 4.69) is 87.2 Å². The van der Waals surface area contributed by atoms with Crippen molar-refractivity contribution < 1.29 is 0 Å². The van der Waals surface area contributed by atoms with E-state index in [4.69, 9.17) is 0 Å². The number of allylic oxidation sites excluding steroid dienone is 3. The second kappa shape index (κ2) is 17.4. The van der Waals surface area contributed by atoms with Crippen LogP contribution in [0.3, 0.4) is 0 Å². The highest BCUT2D eigenvalue weighted by Gasteiger charge is 2.17. The van der Waals surface area contributed by atoms with E-state index in [1.165, 1.54) is 125 Å². The van der Waals surface area contributed by atoms with Gasteiger partial charge in [-0.2, -0.15) is 0 Å². The molecule has 202 valence electrons.